The Hall–Kier alpha value is -2.50. The van der Waals surface area contributed by atoms with Gasteiger partial charge in [0.05, 0.1) is 18.4 Å². The number of aromatic nitrogens is 3. The molecule has 3 N–H and O–H groups in total. The molecular weight excluding hydrogens is 242 g/mol. The van der Waals surface area contributed by atoms with Crippen LogP contribution in [-0.4, -0.2) is 27.6 Å². The number of ether oxygens (including phenoxy) is 1. The molecule has 2 heterocycles. The minimum atomic E-state index is -0.0703. The van der Waals surface area contributed by atoms with Crippen LogP contribution in [0.2, 0.25) is 0 Å². The van der Waals surface area contributed by atoms with Gasteiger partial charge < -0.3 is 10.5 Å². The molecule has 0 saturated carbocycles. The standard InChI is InChI=1S/C13H15N5O/c14-12(15)11-5-8-17-18-13(11)19-9-1-2-10-3-6-16-7-4-10/h3-8H,1-2,9H2,(H3,14,15). The summed E-state index contributed by atoms with van der Waals surface area (Å²) >= 11 is 0. The lowest BCUT2D eigenvalue weighted by atomic mass is 10.1. The predicted octanol–water partition coefficient (Wildman–Crippen LogP) is 1.17. The molecule has 2 aromatic rings. The molecule has 0 spiro atoms. The summed E-state index contributed by atoms with van der Waals surface area (Å²) in [6.45, 7) is 0.501. The normalized spacial score (nSPS) is 10.1. The number of rotatable bonds is 6. The first kappa shape index (κ1) is 12.9. The van der Waals surface area contributed by atoms with Crippen LogP contribution < -0.4 is 10.5 Å². The molecule has 6 heteroatoms. The zero-order valence-corrected chi connectivity index (χ0v) is 10.4. The van der Waals surface area contributed by atoms with E-state index in [1.807, 2.05) is 12.1 Å². The molecule has 0 atom stereocenters. The van der Waals surface area contributed by atoms with E-state index in [9.17, 15) is 0 Å². The van der Waals surface area contributed by atoms with E-state index in [1.54, 1.807) is 18.5 Å². The molecule has 0 saturated heterocycles. The van der Waals surface area contributed by atoms with Crippen molar-refractivity contribution in [1.82, 2.24) is 15.2 Å². The molecule has 0 fully saturated rings. The molecule has 0 aliphatic rings. The Morgan fingerprint density at radius 2 is 2.00 bits per heavy atom. The van der Waals surface area contributed by atoms with Gasteiger partial charge in [-0.1, -0.05) is 0 Å². The zero-order valence-electron chi connectivity index (χ0n) is 10.4. The molecule has 6 nitrogen and oxygen atoms in total. The number of nitrogens with zero attached hydrogens (tertiary/aromatic N) is 3. The molecule has 98 valence electrons. The van der Waals surface area contributed by atoms with Gasteiger partial charge in [0.15, 0.2) is 0 Å². The molecule has 0 aliphatic heterocycles. The van der Waals surface area contributed by atoms with Crippen molar-refractivity contribution in [2.45, 2.75) is 12.8 Å². The molecule has 2 rings (SSSR count). The Balaban J connectivity index is 1.85. The molecule has 0 amide bonds. The smallest absolute Gasteiger partial charge is 0.244 e. The van der Waals surface area contributed by atoms with Crippen LogP contribution in [0, 0.1) is 5.41 Å². The highest BCUT2D eigenvalue weighted by Gasteiger charge is 2.07. The van der Waals surface area contributed by atoms with Crippen LogP contribution >= 0.6 is 0 Å². The van der Waals surface area contributed by atoms with Gasteiger partial charge in [0.25, 0.3) is 0 Å². The fraction of sp³-hybridized carbons (Fsp3) is 0.231. The number of hydrogen-bond donors (Lipinski definition) is 2. The molecule has 2 aromatic heterocycles. The second-order valence-corrected chi connectivity index (χ2v) is 3.97. The maximum atomic E-state index is 7.41. The molecule has 0 bridgehead atoms. The predicted molar refractivity (Wildman–Crippen MR) is 71.1 cm³/mol. The Morgan fingerprint density at radius 1 is 1.21 bits per heavy atom. The zero-order chi connectivity index (χ0) is 13.5. The van der Waals surface area contributed by atoms with E-state index in [2.05, 4.69) is 15.2 Å². The summed E-state index contributed by atoms with van der Waals surface area (Å²) in [5, 5.41) is 15.0. The van der Waals surface area contributed by atoms with Crippen molar-refractivity contribution in [3.63, 3.8) is 0 Å². The van der Waals surface area contributed by atoms with Crippen molar-refractivity contribution >= 4 is 5.84 Å². The number of nitrogens with two attached hydrogens (primary N) is 1. The third-order valence-corrected chi connectivity index (χ3v) is 2.57. The Kier molecular flexibility index (Phi) is 4.39. The number of amidine groups is 1. The summed E-state index contributed by atoms with van der Waals surface area (Å²) in [6, 6.07) is 5.57. The summed E-state index contributed by atoms with van der Waals surface area (Å²) in [4.78, 5) is 3.97. The van der Waals surface area contributed by atoms with Gasteiger partial charge in [0.1, 0.15) is 5.84 Å². The lowest BCUT2D eigenvalue weighted by molar-refractivity contribution is 0.295. The number of hydrogen-bond acceptors (Lipinski definition) is 5. The van der Waals surface area contributed by atoms with Crippen LogP contribution in [0.15, 0.2) is 36.8 Å². The van der Waals surface area contributed by atoms with Crippen LogP contribution in [0.5, 0.6) is 5.88 Å². The van der Waals surface area contributed by atoms with Gasteiger partial charge in [-0.3, -0.25) is 10.4 Å². The van der Waals surface area contributed by atoms with Crippen LogP contribution in [0.1, 0.15) is 17.5 Å². The molecule has 19 heavy (non-hydrogen) atoms. The Morgan fingerprint density at radius 3 is 2.74 bits per heavy atom. The van der Waals surface area contributed by atoms with E-state index >= 15 is 0 Å². The second kappa shape index (κ2) is 6.44. The molecule has 0 radical (unpaired) electrons. The summed E-state index contributed by atoms with van der Waals surface area (Å²) in [6.07, 6.45) is 6.77. The molecular formula is C13H15N5O. The number of aryl methyl sites for hydroxylation is 1. The largest absolute Gasteiger partial charge is 0.476 e. The molecule has 0 aliphatic carbocycles. The number of nitrogens with one attached hydrogen (secondary N) is 1. The average molecular weight is 257 g/mol. The van der Waals surface area contributed by atoms with Crippen molar-refractivity contribution in [1.29, 1.82) is 5.41 Å². The fourth-order valence-electron chi connectivity index (χ4n) is 1.62. The van der Waals surface area contributed by atoms with Crippen molar-refractivity contribution in [2.75, 3.05) is 6.61 Å². The minimum Gasteiger partial charge on any atom is -0.476 e. The summed E-state index contributed by atoms with van der Waals surface area (Å²) in [5.41, 5.74) is 7.12. The highest BCUT2D eigenvalue weighted by atomic mass is 16.5. The fourth-order valence-corrected chi connectivity index (χ4v) is 1.62. The summed E-state index contributed by atoms with van der Waals surface area (Å²) < 4.78 is 5.51. The lowest BCUT2D eigenvalue weighted by Gasteiger charge is -2.08. The van der Waals surface area contributed by atoms with Gasteiger partial charge in [-0.2, -0.15) is 5.10 Å². The van der Waals surface area contributed by atoms with Gasteiger partial charge in [-0.05, 0) is 36.6 Å². The van der Waals surface area contributed by atoms with E-state index in [1.165, 1.54) is 11.8 Å². The van der Waals surface area contributed by atoms with Crippen molar-refractivity contribution in [2.24, 2.45) is 5.73 Å². The third kappa shape index (κ3) is 3.74. The topological polar surface area (TPSA) is 97.8 Å². The number of pyridine rings is 1. The highest BCUT2D eigenvalue weighted by Crippen LogP contribution is 2.12. The Labute approximate surface area is 111 Å². The molecule has 0 unspecified atom stereocenters. The van der Waals surface area contributed by atoms with Gasteiger partial charge in [-0.25, -0.2) is 0 Å². The maximum Gasteiger partial charge on any atom is 0.244 e. The average Bonchev–Trinajstić information content (AvgIpc) is 2.45. The lowest BCUT2D eigenvalue weighted by Crippen LogP contribution is -2.15. The second-order valence-electron chi connectivity index (χ2n) is 3.97. The summed E-state index contributed by atoms with van der Waals surface area (Å²) in [5.74, 6) is 0.240. The van der Waals surface area contributed by atoms with E-state index in [-0.39, 0.29) is 5.84 Å². The van der Waals surface area contributed by atoms with Crippen molar-refractivity contribution in [3.05, 3.63) is 47.9 Å². The van der Waals surface area contributed by atoms with Gasteiger partial charge >= 0.3 is 0 Å². The van der Waals surface area contributed by atoms with E-state index in [0.717, 1.165) is 12.8 Å². The highest BCUT2D eigenvalue weighted by molar-refractivity contribution is 5.96. The SMILES string of the molecule is N=C(N)c1ccnnc1OCCCc1ccncc1. The van der Waals surface area contributed by atoms with Gasteiger partial charge in [-0.15, -0.1) is 5.10 Å². The summed E-state index contributed by atoms with van der Waals surface area (Å²) in [7, 11) is 0. The first-order valence-corrected chi connectivity index (χ1v) is 5.95. The minimum absolute atomic E-state index is 0.0703. The quantitative estimate of drug-likeness (QED) is 0.460. The van der Waals surface area contributed by atoms with E-state index < -0.39 is 0 Å². The molecule has 0 aromatic carbocycles. The van der Waals surface area contributed by atoms with Crippen molar-refractivity contribution < 1.29 is 4.74 Å². The first-order chi connectivity index (χ1) is 9.27. The number of nitrogen functional groups attached to an aromatic ring is 1. The van der Waals surface area contributed by atoms with E-state index in [4.69, 9.17) is 15.9 Å². The van der Waals surface area contributed by atoms with Crippen LogP contribution in [-0.2, 0) is 6.42 Å². The monoisotopic (exact) mass is 257 g/mol. The first-order valence-electron chi connectivity index (χ1n) is 5.95. The van der Waals surface area contributed by atoms with Crippen LogP contribution in [0.3, 0.4) is 0 Å². The Bertz CT molecular complexity index is 544. The van der Waals surface area contributed by atoms with Crippen LogP contribution in [0.25, 0.3) is 0 Å². The van der Waals surface area contributed by atoms with Crippen LogP contribution in [0.4, 0.5) is 0 Å². The van der Waals surface area contributed by atoms with Gasteiger partial charge in [0, 0.05) is 12.4 Å². The van der Waals surface area contributed by atoms with Crippen molar-refractivity contribution in [3.8, 4) is 5.88 Å². The van der Waals surface area contributed by atoms with Gasteiger partial charge in [0.2, 0.25) is 5.88 Å². The maximum absolute atomic E-state index is 7.41. The van der Waals surface area contributed by atoms with E-state index in [0.29, 0.717) is 18.1 Å². The third-order valence-electron chi connectivity index (χ3n) is 2.57.